The molecule has 21 heavy (non-hydrogen) atoms. The first-order valence-corrected chi connectivity index (χ1v) is 8.34. The third kappa shape index (κ3) is 4.94. The lowest BCUT2D eigenvalue weighted by atomic mass is 10.0. The van der Waals surface area contributed by atoms with Crippen LogP contribution < -0.4 is 5.32 Å². The first-order chi connectivity index (χ1) is 10.3. The van der Waals surface area contributed by atoms with Crippen LogP contribution in [-0.4, -0.2) is 18.2 Å². The normalized spacial score (nSPS) is 10.6. The van der Waals surface area contributed by atoms with E-state index in [4.69, 9.17) is 0 Å². The van der Waals surface area contributed by atoms with E-state index in [0.29, 0.717) is 5.75 Å². The fourth-order valence-electron chi connectivity index (χ4n) is 2.12. The van der Waals surface area contributed by atoms with Crippen molar-refractivity contribution in [3.63, 3.8) is 0 Å². The number of benzene rings is 2. The Morgan fingerprint density at radius 2 is 1.52 bits per heavy atom. The summed E-state index contributed by atoms with van der Waals surface area (Å²) in [4.78, 5) is 11.8. The molecule has 3 heteroatoms. The molecule has 0 aliphatic heterocycles. The van der Waals surface area contributed by atoms with E-state index in [1.54, 1.807) is 11.8 Å². The van der Waals surface area contributed by atoms with Crippen molar-refractivity contribution >= 4 is 17.7 Å². The lowest BCUT2D eigenvalue weighted by Crippen LogP contribution is -2.26. The van der Waals surface area contributed by atoms with E-state index in [1.165, 1.54) is 11.1 Å². The molecule has 0 aliphatic carbocycles. The minimum absolute atomic E-state index is 0.110. The average Bonchev–Trinajstić information content (AvgIpc) is 2.55. The van der Waals surface area contributed by atoms with Crippen molar-refractivity contribution in [2.45, 2.75) is 18.6 Å². The summed E-state index contributed by atoms with van der Waals surface area (Å²) in [6, 6.07) is 20.7. The first kappa shape index (κ1) is 15.6. The summed E-state index contributed by atoms with van der Waals surface area (Å²) in [6.07, 6.45) is 0.969. The molecule has 2 nitrogen and oxygen atoms in total. The largest absolute Gasteiger partial charge is 0.355 e. The molecular weight excluding hydrogens is 278 g/mol. The van der Waals surface area contributed by atoms with Gasteiger partial charge in [-0.25, -0.2) is 0 Å². The van der Waals surface area contributed by atoms with E-state index in [0.717, 1.165) is 13.0 Å². The number of rotatable bonds is 7. The van der Waals surface area contributed by atoms with Crippen LogP contribution in [0.15, 0.2) is 60.7 Å². The summed E-state index contributed by atoms with van der Waals surface area (Å²) < 4.78 is 0. The lowest BCUT2D eigenvalue weighted by molar-refractivity contribution is -0.118. The van der Waals surface area contributed by atoms with E-state index in [-0.39, 0.29) is 11.2 Å². The number of thioether (sulfide) groups is 1. The van der Waals surface area contributed by atoms with Gasteiger partial charge in [-0.2, -0.15) is 0 Å². The highest BCUT2D eigenvalue weighted by Gasteiger charge is 2.15. The lowest BCUT2D eigenvalue weighted by Gasteiger charge is -2.17. The summed E-state index contributed by atoms with van der Waals surface area (Å²) in [7, 11) is 0. The Hall–Kier alpha value is -1.74. The number of carbonyl (C=O) groups excluding carboxylic acids is 1. The SMILES string of the molecule is CCCNC(=O)CSC(c1ccccc1)c1ccccc1. The molecule has 2 aromatic rings. The zero-order chi connectivity index (χ0) is 14.9. The van der Waals surface area contributed by atoms with E-state index >= 15 is 0 Å². The fourth-order valence-corrected chi connectivity index (χ4v) is 3.23. The molecule has 0 aromatic heterocycles. The molecule has 0 spiro atoms. The summed E-state index contributed by atoms with van der Waals surface area (Å²) in [5.41, 5.74) is 2.47. The smallest absolute Gasteiger partial charge is 0.230 e. The molecule has 0 saturated carbocycles. The van der Waals surface area contributed by atoms with E-state index < -0.39 is 0 Å². The zero-order valence-corrected chi connectivity index (χ0v) is 13.1. The Labute approximate surface area is 131 Å². The van der Waals surface area contributed by atoms with Gasteiger partial charge in [-0.05, 0) is 17.5 Å². The monoisotopic (exact) mass is 299 g/mol. The highest BCUT2D eigenvalue weighted by molar-refractivity contribution is 8.00. The molecule has 1 amide bonds. The Bertz CT molecular complexity index is 502. The Morgan fingerprint density at radius 1 is 1.00 bits per heavy atom. The molecule has 110 valence electrons. The van der Waals surface area contributed by atoms with Gasteiger partial charge < -0.3 is 5.32 Å². The van der Waals surface area contributed by atoms with Crippen LogP contribution in [0.5, 0.6) is 0 Å². The topological polar surface area (TPSA) is 29.1 Å². The Balaban J connectivity index is 2.09. The van der Waals surface area contributed by atoms with Gasteiger partial charge in [0.15, 0.2) is 0 Å². The standard InChI is InChI=1S/C18H21NOS/c1-2-13-19-17(20)14-21-18(15-9-5-3-6-10-15)16-11-7-4-8-12-16/h3-12,18H,2,13-14H2,1H3,(H,19,20). The summed E-state index contributed by atoms with van der Waals surface area (Å²) in [5, 5.41) is 3.13. The molecule has 0 aliphatic rings. The summed E-state index contributed by atoms with van der Waals surface area (Å²) in [6.45, 7) is 2.81. The maximum Gasteiger partial charge on any atom is 0.230 e. The average molecular weight is 299 g/mol. The number of nitrogens with one attached hydrogen (secondary N) is 1. The Kier molecular flexibility index (Phi) is 6.35. The maximum atomic E-state index is 11.8. The predicted octanol–water partition coefficient (Wildman–Crippen LogP) is 4.04. The maximum absolute atomic E-state index is 11.8. The highest BCUT2D eigenvalue weighted by Crippen LogP contribution is 2.35. The third-order valence-electron chi connectivity index (χ3n) is 3.16. The molecule has 0 radical (unpaired) electrons. The van der Waals surface area contributed by atoms with Crippen LogP contribution in [0.4, 0.5) is 0 Å². The molecular formula is C18H21NOS. The van der Waals surface area contributed by atoms with E-state index in [1.807, 2.05) is 36.4 Å². The van der Waals surface area contributed by atoms with Gasteiger partial charge in [0.25, 0.3) is 0 Å². The second-order valence-electron chi connectivity index (χ2n) is 4.86. The van der Waals surface area contributed by atoms with Crippen molar-refractivity contribution in [1.29, 1.82) is 0 Å². The molecule has 0 unspecified atom stereocenters. The number of amides is 1. The van der Waals surface area contributed by atoms with Gasteiger partial charge in [-0.15, -0.1) is 11.8 Å². The minimum atomic E-state index is 0.110. The zero-order valence-electron chi connectivity index (χ0n) is 12.3. The van der Waals surface area contributed by atoms with Gasteiger partial charge >= 0.3 is 0 Å². The Morgan fingerprint density at radius 3 is 2.00 bits per heavy atom. The fraction of sp³-hybridized carbons (Fsp3) is 0.278. The van der Waals surface area contributed by atoms with Gasteiger partial charge in [0.2, 0.25) is 5.91 Å². The second-order valence-corrected chi connectivity index (χ2v) is 5.96. The second kappa shape index (κ2) is 8.53. The van der Waals surface area contributed by atoms with Gasteiger partial charge in [-0.1, -0.05) is 67.6 Å². The van der Waals surface area contributed by atoms with Crippen LogP contribution >= 0.6 is 11.8 Å². The van der Waals surface area contributed by atoms with Gasteiger partial charge in [0.1, 0.15) is 0 Å². The van der Waals surface area contributed by atoms with Crippen molar-refractivity contribution in [3.05, 3.63) is 71.8 Å². The van der Waals surface area contributed by atoms with Crippen LogP contribution in [0, 0.1) is 0 Å². The highest BCUT2D eigenvalue weighted by atomic mass is 32.2. The number of carbonyl (C=O) groups is 1. The molecule has 0 heterocycles. The van der Waals surface area contributed by atoms with Gasteiger partial charge in [0, 0.05) is 6.54 Å². The van der Waals surface area contributed by atoms with Crippen LogP contribution in [0.3, 0.4) is 0 Å². The minimum Gasteiger partial charge on any atom is -0.355 e. The van der Waals surface area contributed by atoms with Crippen molar-refractivity contribution in [2.75, 3.05) is 12.3 Å². The van der Waals surface area contributed by atoms with Crippen molar-refractivity contribution in [1.82, 2.24) is 5.32 Å². The van der Waals surface area contributed by atoms with E-state index in [2.05, 4.69) is 36.5 Å². The molecule has 1 N–H and O–H groups in total. The van der Waals surface area contributed by atoms with Gasteiger partial charge in [-0.3, -0.25) is 4.79 Å². The molecule has 0 atom stereocenters. The van der Waals surface area contributed by atoms with Crippen LogP contribution in [0.2, 0.25) is 0 Å². The van der Waals surface area contributed by atoms with Crippen molar-refractivity contribution < 1.29 is 4.79 Å². The summed E-state index contributed by atoms with van der Waals surface area (Å²) >= 11 is 1.67. The summed E-state index contributed by atoms with van der Waals surface area (Å²) in [5.74, 6) is 0.591. The molecule has 2 aromatic carbocycles. The number of hydrogen-bond donors (Lipinski definition) is 1. The van der Waals surface area contributed by atoms with Crippen LogP contribution in [-0.2, 0) is 4.79 Å². The molecule has 0 saturated heterocycles. The number of hydrogen-bond acceptors (Lipinski definition) is 2. The quantitative estimate of drug-likeness (QED) is 0.836. The van der Waals surface area contributed by atoms with Crippen molar-refractivity contribution in [2.24, 2.45) is 0 Å². The molecule has 0 fully saturated rings. The van der Waals surface area contributed by atoms with E-state index in [9.17, 15) is 4.79 Å². The molecule has 2 rings (SSSR count). The van der Waals surface area contributed by atoms with Gasteiger partial charge in [0.05, 0.1) is 11.0 Å². The third-order valence-corrected chi connectivity index (χ3v) is 4.46. The van der Waals surface area contributed by atoms with Crippen LogP contribution in [0.25, 0.3) is 0 Å². The van der Waals surface area contributed by atoms with Crippen LogP contribution in [0.1, 0.15) is 29.7 Å². The first-order valence-electron chi connectivity index (χ1n) is 7.29. The predicted molar refractivity (Wildman–Crippen MR) is 90.5 cm³/mol. The molecule has 0 bridgehead atoms. The van der Waals surface area contributed by atoms with Crippen molar-refractivity contribution in [3.8, 4) is 0 Å².